The minimum atomic E-state index is 0.404. The van der Waals surface area contributed by atoms with Gasteiger partial charge in [-0.2, -0.15) is 0 Å². The highest BCUT2D eigenvalue weighted by molar-refractivity contribution is 5.34. The van der Waals surface area contributed by atoms with Crippen LogP contribution in [0.4, 0.5) is 0 Å². The maximum Gasteiger partial charge on any atom is 0.138 e. The third-order valence-corrected chi connectivity index (χ3v) is 4.43. The van der Waals surface area contributed by atoms with E-state index in [1.165, 1.54) is 24.0 Å². The van der Waals surface area contributed by atoms with Gasteiger partial charge in [-0.25, -0.2) is 0 Å². The zero-order valence-corrected chi connectivity index (χ0v) is 13.6. The molecule has 3 rings (SSSR count). The molecule has 0 radical (unpaired) electrons. The number of aryl methyl sites for hydroxylation is 2. The number of hydrogen-bond acceptors (Lipinski definition) is 4. The Balaban J connectivity index is 1.83. The van der Waals surface area contributed by atoms with E-state index in [-0.39, 0.29) is 0 Å². The van der Waals surface area contributed by atoms with Gasteiger partial charge >= 0.3 is 0 Å². The molecule has 118 valence electrons. The van der Waals surface area contributed by atoms with Gasteiger partial charge in [-0.15, -0.1) is 0 Å². The first-order valence-electron chi connectivity index (χ1n) is 8.08. The average molecular weight is 300 g/mol. The van der Waals surface area contributed by atoms with Gasteiger partial charge in [-0.1, -0.05) is 23.4 Å². The molecule has 1 aliphatic rings. The normalized spacial score (nSPS) is 18.8. The molecule has 22 heavy (non-hydrogen) atoms. The second-order valence-electron chi connectivity index (χ2n) is 5.91. The van der Waals surface area contributed by atoms with Crippen molar-refractivity contribution in [2.24, 2.45) is 0 Å². The van der Waals surface area contributed by atoms with Crippen molar-refractivity contribution in [3.05, 3.63) is 46.8 Å². The van der Waals surface area contributed by atoms with Gasteiger partial charge < -0.3 is 9.26 Å². The zero-order chi connectivity index (χ0) is 15.5. The summed E-state index contributed by atoms with van der Waals surface area (Å²) >= 11 is 0. The van der Waals surface area contributed by atoms with Crippen LogP contribution in [0.15, 0.2) is 28.8 Å². The van der Waals surface area contributed by atoms with Crippen molar-refractivity contribution in [3.8, 4) is 5.75 Å². The van der Waals surface area contributed by atoms with Crippen molar-refractivity contribution in [2.45, 2.75) is 46.2 Å². The summed E-state index contributed by atoms with van der Waals surface area (Å²) in [7, 11) is 0. The summed E-state index contributed by atoms with van der Waals surface area (Å²) in [4.78, 5) is 2.52. The first-order valence-corrected chi connectivity index (χ1v) is 8.08. The standard InChI is InChI=1S/C18H24N2O2/c1-4-21-17-10-6-5-8-15(17)12-20-11-7-9-16(20)18-13(2)19-22-14(18)3/h5-6,8,10,16H,4,7,9,11-12H2,1-3H3. The highest BCUT2D eigenvalue weighted by atomic mass is 16.5. The molecule has 0 amide bonds. The molecule has 1 aromatic heterocycles. The Morgan fingerprint density at radius 3 is 2.86 bits per heavy atom. The highest BCUT2D eigenvalue weighted by Gasteiger charge is 2.31. The summed E-state index contributed by atoms with van der Waals surface area (Å²) in [6.07, 6.45) is 2.38. The van der Waals surface area contributed by atoms with E-state index in [0.29, 0.717) is 12.6 Å². The van der Waals surface area contributed by atoms with E-state index in [1.807, 2.05) is 26.8 Å². The van der Waals surface area contributed by atoms with Crippen molar-refractivity contribution in [1.29, 1.82) is 0 Å². The molecule has 0 aliphatic carbocycles. The molecule has 0 saturated carbocycles. The monoisotopic (exact) mass is 300 g/mol. The van der Waals surface area contributed by atoms with Gasteiger partial charge in [0.1, 0.15) is 11.5 Å². The fourth-order valence-electron chi connectivity index (χ4n) is 3.46. The lowest BCUT2D eigenvalue weighted by molar-refractivity contribution is 0.239. The Kier molecular flexibility index (Phi) is 4.48. The van der Waals surface area contributed by atoms with Crippen molar-refractivity contribution in [1.82, 2.24) is 10.1 Å². The minimum Gasteiger partial charge on any atom is -0.494 e. The predicted octanol–water partition coefficient (Wildman–Crippen LogP) is 4.03. The van der Waals surface area contributed by atoms with Gasteiger partial charge in [0, 0.05) is 23.7 Å². The Morgan fingerprint density at radius 1 is 1.32 bits per heavy atom. The molecule has 0 bridgehead atoms. The van der Waals surface area contributed by atoms with Crippen molar-refractivity contribution < 1.29 is 9.26 Å². The third-order valence-electron chi connectivity index (χ3n) is 4.43. The Bertz CT molecular complexity index is 616. The van der Waals surface area contributed by atoms with Crippen LogP contribution in [-0.4, -0.2) is 23.2 Å². The van der Waals surface area contributed by atoms with Crippen LogP contribution in [0, 0.1) is 13.8 Å². The van der Waals surface area contributed by atoms with Crippen molar-refractivity contribution in [3.63, 3.8) is 0 Å². The number of likely N-dealkylation sites (tertiary alicyclic amines) is 1. The molecule has 2 aromatic rings. The molecule has 1 aliphatic heterocycles. The lowest BCUT2D eigenvalue weighted by atomic mass is 10.0. The first kappa shape index (κ1) is 15.1. The number of benzene rings is 1. The molecule has 4 heteroatoms. The summed E-state index contributed by atoms with van der Waals surface area (Å²) in [6.45, 7) is 8.79. The van der Waals surface area contributed by atoms with E-state index >= 15 is 0 Å². The number of nitrogens with zero attached hydrogens (tertiary/aromatic N) is 2. The molecule has 1 fully saturated rings. The molecule has 1 aromatic carbocycles. The van der Waals surface area contributed by atoms with Crippen LogP contribution in [0.3, 0.4) is 0 Å². The van der Waals surface area contributed by atoms with Gasteiger partial charge in [0.2, 0.25) is 0 Å². The predicted molar refractivity (Wildman–Crippen MR) is 86.0 cm³/mol. The molecule has 1 saturated heterocycles. The summed E-state index contributed by atoms with van der Waals surface area (Å²) in [5, 5.41) is 4.12. The Labute approximate surface area is 132 Å². The van der Waals surface area contributed by atoms with E-state index in [0.717, 1.165) is 30.3 Å². The number of para-hydroxylation sites is 1. The van der Waals surface area contributed by atoms with Gasteiger partial charge in [0.05, 0.1) is 12.3 Å². The molecule has 2 heterocycles. The van der Waals surface area contributed by atoms with E-state index in [9.17, 15) is 0 Å². The van der Waals surface area contributed by atoms with Crippen molar-refractivity contribution >= 4 is 0 Å². The zero-order valence-electron chi connectivity index (χ0n) is 13.6. The Hall–Kier alpha value is -1.81. The van der Waals surface area contributed by atoms with E-state index in [2.05, 4.69) is 28.3 Å². The number of aromatic nitrogens is 1. The fraction of sp³-hybridized carbons (Fsp3) is 0.500. The van der Waals surface area contributed by atoms with Crippen molar-refractivity contribution in [2.75, 3.05) is 13.2 Å². The first-order chi connectivity index (χ1) is 10.7. The largest absolute Gasteiger partial charge is 0.494 e. The molecule has 1 unspecified atom stereocenters. The molecular weight excluding hydrogens is 276 g/mol. The van der Waals surface area contributed by atoms with Gasteiger partial charge in [-0.3, -0.25) is 4.90 Å². The Morgan fingerprint density at radius 2 is 2.14 bits per heavy atom. The summed E-state index contributed by atoms with van der Waals surface area (Å²) < 4.78 is 11.1. The molecule has 1 atom stereocenters. The van der Waals surface area contributed by atoms with Crippen LogP contribution in [0.5, 0.6) is 5.75 Å². The lowest BCUT2D eigenvalue weighted by Crippen LogP contribution is -2.23. The molecule has 0 spiro atoms. The van der Waals surface area contributed by atoms with Crippen LogP contribution >= 0.6 is 0 Å². The number of hydrogen-bond donors (Lipinski definition) is 0. The van der Waals surface area contributed by atoms with Crippen LogP contribution in [-0.2, 0) is 6.54 Å². The second kappa shape index (κ2) is 6.53. The summed E-state index contributed by atoms with van der Waals surface area (Å²) in [5.41, 5.74) is 3.54. The SMILES string of the molecule is CCOc1ccccc1CN1CCCC1c1c(C)noc1C. The highest BCUT2D eigenvalue weighted by Crippen LogP contribution is 2.37. The molecule has 0 N–H and O–H groups in total. The van der Waals surface area contributed by atoms with Gasteiger partial charge in [0.25, 0.3) is 0 Å². The van der Waals surface area contributed by atoms with Gasteiger partial charge in [0.15, 0.2) is 0 Å². The summed E-state index contributed by atoms with van der Waals surface area (Å²) in [6, 6.07) is 8.73. The smallest absolute Gasteiger partial charge is 0.138 e. The number of rotatable bonds is 5. The second-order valence-corrected chi connectivity index (χ2v) is 5.91. The van der Waals surface area contributed by atoms with Gasteiger partial charge in [-0.05, 0) is 46.2 Å². The van der Waals surface area contributed by atoms with Crippen LogP contribution in [0.25, 0.3) is 0 Å². The summed E-state index contributed by atoms with van der Waals surface area (Å²) in [5.74, 6) is 1.95. The third kappa shape index (κ3) is 2.88. The van der Waals surface area contributed by atoms with Crippen LogP contribution in [0.2, 0.25) is 0 Å². The molecule has 4 nitrogen and oxygen atoms in total. The maximum atomic E-state index is 5.76. The van der Waals surface area contributed by atoms with Crippen LogP contribution < -0.4 is 4.74 Å². The van der Waals surface area contributed by atoms with E-state index in [4.69, 9.17) is 9.26 Å². The maximum absolute atomic E-state index is 5.76. The average Bonchev–Trinajstić information content (AvgIpc) is 3.08. The lowest BCUT2D eigenvalue weighted by Gasteiger charge is -2.25. The molecular formula is C18H24N2O2. The fourth-order valence-corrected chi connectivity index (χ4v) is 3.46. The quantitative estimate of drug-likeness (QED) is 0.835. The van der Waals surface area contributed by atoms with E-state index < -0.39 is 0 Å². The minimum absolute atomic E-state index is 0.404. The van der Waals surface area contributed by atoms with E-state index in [1.54, 1.807) is 0 Å². The number of ether oxygens (including phenoxy) is 1. The van der Waals surface area contributed by atoms with Crippen LogP contribution in [0.1, 0.15) is 48.4 Å². The topological polar surface area (TPSA) is 38.5 Å².